The van der Waals surface area contributed by atoms with Gasteiger partial charge < -0.3 is 14.9 Å². The summed E-state index contributed by atoms with van der Waals surface area (Å²) in [6, 6.07) is 8.72. The summed E-state index contributed by atoms with van der Waals surface area (Å²) in [4.78, 5) is 23.7. The van der Waals surface area contributed by atoms with Crippen LogP contribution in [0.25, 0.3) is 0 Å². The number of esters is 1. The molecule has 0 bridgehead atoms. The fourth-order valence-corrected chi connectivity index (χ4v) is 3.88. The summed E-state index contributed by atoms with van der Waals surface area (Å²) in [5, 5.41) is 19.6. The standard InChI is InChI=1S/C23H32O5/c1-3-4-6-9-16(2)12-13-18-19(14-22(25)26)20(24)15-21(18)28-23(27)17-10-7-5-8-11-17/h5,7-8,10-13,16,18-21,24H,3-4,6,9,14-15H2,1-2H3,(H,25,26)/t16?,18-,19-,20+,21-/m0/s1. The Labute approximate surface area is 167 Å². The molecule has 0 radical (unpaired) electrons. The Morgan fingerprint density at radius 2 is 1.96 bits per heavy atom. The number of benzene rings is 1. The number of carboxylic acid groups (broad SMARTS) is 1. The van der Waals surface area contributed by atoms with Gasteiger partial charge in [-0.2, -0.15) is 0 Å². The molecule has 0 amide bonds. The lowest BCUT2D eigenvalue weighted by atomic mass is 9.89. The summed E-state index contributed by atoms with van der Waals surface area (Å²) in [5.74, 6) is -1.78. The Morgan fingerprint density at radius 3 is 2.61 bits per heavy atom. The molecule has 0 aliphatic heterocycles. The van der Waals surface area contributed by atoms with Gasteiger partial charge >= 0.3 is 11.9 Å². The SMILES string of the molecule is CCCCCC(C)C=C[C@H]1[C@H](CC(=O)O)[C@H](O)C[C@@H]1OC(=O)c1ccccc1. The molecule has 1 aliphatic carbocycles. The van der Waals surface area contributed by atoms with E-state index in [0.717, 1.165) is 12.8 Å². The highest BCUT2D eigenvalue weighted by atomic mass is 16.5. The quantitative estimate of drug-likeness (QED) is 0.351. The van der Waals surface area contributed by atoms with Gasteiger partial charge in [0.05, 0.1) is 18.1 Å². The summed E-state index contributed by atoms with van der Waals surface area (Å²) in [6.07, 6.45) is 7.43. The molecule has 0 spiro atoms. The molecule has 1 aromatic rings. The van der Waals surface area contributed by atoms with Crippen molar-refractivity contribution in [2.45, 2.75) is 64.6 Å². The predicted molar refractivity (Wildman–Crippen MR) is 108 cm³/mol. The number of hydrogen-bond acceptors (Lipinski definition) is 4. The third-order valence-corrected chi connectivity index (χ3v) is 5.49. The van der Waals surface area contributed by atoms with Gasteiger partial charge in [0.1, 0.15) is 6.10 Å². The Hall–Kier alpha value is -2.14. The minimum absolute atomic E-state index is 0.139. The predicted octanol–water partition coefficient (Wildman–Crippen LogP) is 4.46. The van der Waals surface area contributed by atoms with Crippen molar-refractivity contribution < 1.29 is 24.5 Å². The molecular formula is C23H32O5. The first kappa shape index (κ1) is 22.2. The molecule has 2 rings (SSSR count). The molecular weight excluding hydrogens is 356 g/mol. The van der Waals surface area contributed by atoms with E-state index in [1.54, 1.807) is 24.3 Å². The number of carbonyl (C=O) groups excluding carboxylic acids is 1. The highest BCUT2D eigenvalue weighted by Gasteiger charge is 2.44. The van der Waals surface area contributed by atoms with Gasteiger partial charge in [0, 0.05) is 18.3 Å². The number of ether oxygens (including phenoxy) is 1. The second-order valence-corrected chi connectivity index (χ2v) is 7.81. The molecule has 0 aromatic heterocycles. The number of aliphatic hydroxyl groups is 1. The zero-order valence-electron chi connectivity index (χ0n) is 16.8. The lowest BCUT2D eigenvalue weighted by molar-refractivity contribution is -0.139. The zero-order chi connectivity index (χ0) is 20.5. The maximum atomic E-state index is 12.5. The van der Waals surface area contributed by atoms with Crippen LogP contribution in [0.5, 0.6) is 0 Å². The molecule has 1 saturated carbocycles. The van der Waals surface area contributed by atoms with Gasteiger partial charge in [0.2, 0.25) is 0 Å². The Morgan fingerprint density at radius 1 is 1.25 bits per heavy atom. The first-order valence-electron chi connectivity index (χ1n) is 10.3. The van der Waals surface area contributed by atoms with Crippen molar-refractivity contribution in [2.24, 2.45) is 17.8 Å². The van der Waals surface area contributed by atoms with Crippen LogP contribution in [0.4, 0.5) is 0 Å². The van der Waals surface area contributed by atoms with E-state index in [-0.39, 0.29) is 18.8 Å². The molecule has 28 heavy (non-hydrogen) atoms. The number of carboxylic acids is 1. The summed E-state index contributed by atoms with van der Waals surface area (Å²) < 4.78 is 5.68. The molecule has 1 aliphatic rings. The van der Waals surface area contributed by atoms with Crippen LogP contribution in [0.15, 0.2) is 42.5 Å². The molecule has 0 heterocycles. The fourth-order valence-electron chi connectivity index (χ4n) is 3.88. The van der Waals surface area contributed by atoms with Crippen LogP contribution in [0.1, 0.15) is 62.7 Å². The van der Waals surface area contributed by atoms with Crippen LogP contribution >= 0.6 is 0 Å². The smallest absolute Gasteiger partial charge is 0.338 e. The number of unbranched alkanes of at least 4 members (excludes halogenated alkanes) is 2. The number of aliphatic carboxylic acids is 1. The van der Waals surface area contributed by atoms with Crippen molar-refractivity contribution in [3.8, 4) is 0 Å². The van der Waals surface area contributed by atoms with Crippen molar-refractivity contribution >= 4 is 11.9 Å². The molecule has 5 nitrogen and oxygen atoms in total. The molecule has 1 aromatic carbocycles. The van der Waals surface area contributed by atoms with Crippen LogP contribution in [0, 0.1) is 17.8 Å². The highest BCUT2D eigenvalue weighted by Crippen LogP contribution is 2.38. The van der Waals surface area contributed by atoms with Crippen LogP contribution in [0.2, 0.25) is 0 Å². The maximum Gasteiger partial charge on any atom is 0.338 e. The van der Waals surface area contributed by atoms with E-state index in [1.165, 1.54) is 12.8 Å². The van der Waals surface area contributed by atoms with Gasteiger partial charge in [0.25, 0.3) is 0 Å². The molecule has 5 atom stereocenters. The van der Waals surface area contributed by atoms with Gasteiger partial charge in [-0.3, -0.25) is 4.79 Å². The lowest BCUT2D eigenvalue weighted by Crippen LogP contribution is -2.26. The number of hydrogen-bond donors (Lipinski definition) is 2. The van der Waals surface area contributed by atoms with Crippen molar-refractivity contribution in [1.82, 2.24) is 0 Å². The van der Waals surface area contributed by atoms with Crippen LogP contribution in [-0.2, 0) is 9.53 Å². The Balaban J connectivity index is 2.10. The number of carbonyl (C=O) groups is 2. The normalized spacial score (nSPS) is 25.7. The molecule has 5 heteroatoms. The van der Waals surface area contributed by atoms with Crippen molar-refractivity contribution in [3.63, 3.8) is 0 Å². The van der Waals surface area contributed by atoms with Gasteiger partial charge in [-0.25, -0.2) is 4.79 Å². The van der Waals surface area contributed by atoms with E-state index >= 15 is 0 Å². The monoisotopic (exact) mass is 388 g/mol. The van der Waals surface area contributed by atoms with Crippen molar-refractivity contribution in [3.05, 3.63) is 48.0 Å². The summed E-state index contributed by atoms with van der Waals surface area (Å²) >= 11 is 0. The Kier molecular flexibility index (Phi) is 8.71. The lowest BCUT2D eigenvalue weighted by Gasteiger charge is -2.22. The molecule has 154 valence electrons. The zero-order valence-corrected chi connectivity index (χ0v) is 16.8. The van der Waals surface area contributed by atoms with Gasteiger partial charge in [0.15, 0.2) is 0 Å². The average molecular weight is 389 g/mol. The number of allylic oxidation sites excluding steroid dienone is 1. The average Bonchev–Trinajstić information content (AvgIpc) is 2.95. The summed E-state index contributed by atoms with van der Waals surface area (Å²) in [5.41, 5.74) is 0.453. The van der Waals surface area contributed by atoms with Gasteiger partial charge in [-0.05, 0) is 24.5 Å². The van der Waals surface area contributed by atoms with Crippen molar-refractivity contribution in [1.29, 1.82) is 0 Å². The van der Waals surface area contributed by atoms with E-state index in [9.17, 15) is 19.8 Å². The first-order valence-corrected chi connectivity index (χ1v) is 10.3. The molecule has 1 fully saturated rings. The second-order valence-electron chi connectivity index (χ2n) is 7.81. The largest absolute Gasteiger partial charge is 0.481 e. The topological polar surface area (TPSA) is 83.8 Å². The first-order chi connectivity index (χ1) is 13.4. The number of rotatable bonds is 10. The molecule has 0 saturated heterocycles. The van der Waals surface area contributed by atoms with Gasteiger partial charge in [-0.1, -0.05) is 63.5 Å². The summed E-state index contributed by atoms with van der Waals surface area (Å²) in [7, 11) is 0. The summed E-state index contributed by atoms with van der Waals surface area (Å²) in [6.45, 7) is 4.30. The van der Waals surface area contributed by atoms with E-state index in [1.807, 2.05) is 12.1 Å². The maximum absolute atomic E-state index is 12.5. The Bertz CT molecular complexity index is 654. The van der Waals surface area contributed by atoms with E-state index in [0.29, 0.717) is 11.5 Å². The third kappa shape index (κ3) is 6.48. The third-order valence-electron chi connectivity index (χ3n) is 5.49. The van der Waals surface area contributed by atoms with Crippen LogP contribution < -0.4 is 0 Å². The minimum Gasteiger partial charge on any atom is -0.481 e. The van der Waals surface area contributed by atoms with Crippen LogP contribution in [-0.4, -0.2) is 34.4 Å². The highest BCUT2D eigenvalue weighted by molar-refractivity contribution is 5.89. The second kappa shape index (κ2) is 11.0. The van der Waals surface area contributed by atoms with E-state index in [2.05, 4.69) is 19.9 Å². The van der Waals surface area contributed by atoms with Gasteiger partial charge in [-0.15, -0.1) is 0 Å². The van der Waals surface area contributed by atoms with E-state index < -0.39 is 30.1 Å². The molecule has 2 N–H and O–H groups in total. The van der Waals surface area contributed by atoms with Crippen LogP contribution in [0.3, 0.4) is 0 Å². The number of aliphatic hydroxyl groups excluding tert-OH is 1. The fraction of sp³-hybridized carbons (Fsp3) is 0.565. The van der Waals surface area contributed by atoms with E-state index in [4.69, 9.17) is 4.74 Å². The minimum atomic E-state index is -0.950. The molecule has 1 unspecified atom stereocenters. The van der Waals surface area contributed by atoms with Crippen molar-refractivity contribution in [2.75, 3.05) is 0 Å².